The Balaban J connectivity index is 1.54. The molecular formula is C28H36N4O5. The van der Waals surface area contributed by atoms with E-state index in [0.717, 1.165) is 24.3 Å². The number of para-hydroxylation sites is 1. The number of hydrogen-bond donors (Lipinski definition) is 0. The van der Waals surface area contributed by atoms with E-state index in [4.69, 9.17) is 4.74 Å². The summed E-state index contributed by atoms with van der Waals surface area (Å²) in [4.78, 5) is 42.3. The first-order chi connectivity index (χ1) is 17.8. The van der Waals surface area contributed by atoms with E-state index in [9.17, 15) is 19.7 Å². The normalized spacial score (nSPS) is 14.1. The highest BCUT2D eigenvalue weighted by atomic mass is 16.6. The van der Waals surface area contributed by atoms with Crippen LogP contribution in [-0.2, 0) is 4.79 Å². The lowest BCUT2D eigenvalue weighted by atomic mass is 10.1. The maximum atomic E-state index is 12.9. The number of ether oxygens (including phenoxy) is 1. The summed E-state index contributed by atoms with van der Waals surface area (Å²) in [7, 11) is 1.64. The number of piperazine rings is 1. The molecule has 9 nitrogen and oxygen atoms in total. The second kappa shape index (κ2) is 13.5. The van der Waals surface area contributed by atoms with E-state index >= 15 is 0 Å². The van der Waals surface area contributed by atoms with E-state index in [-0.39, 0.29) is 17.5 Å². The maximum Gasteiger partial charge on any atom is 0.273 e. The SMILES string of the molecule is CCCC(=O)N(C/C=C/c1ccccc1OC)CCN1CCN(C(=O)c2ccc(C)c([N+](=O)[O-])c2)CC1. The summed E-state index contributed by atoms with van der Waals surface area (Å²) < 4.78 is 5.39. The number of benzene rings is 2. The van der Waals surface area contributed by atoms with Gasteiger partial charge in [-0.1, -0.05) is 43.3 Å². The van der Waals surface area contributed by atoms with Gasteiger partial charge < -0.3 is 14.5 Å². The summed E-state index contributed by atoms with van der Waals surface area (Å²) in [5.74, 6) is 0.726. The molecule has 0 spiro atoms. The topological polar surface area (TPSA) is 96.2 Å². The number of carbonyl (C=O) groups is 2. The molecule has 1 aliphatic heterocycles. The molecule has 0 saturated carbocycles. The fourth-order valence-corrected chi connectivity index (χ4v) is 4.36. The van der Waals surface area contributed by atoms with Gasteiger partial charge in [0.15, 0.2) is 0 Å². The zero-order valence-electron chi connectivity index (χ0n) is 21.9. The lowest BCUT2D eigenvalue weighted by molar-refractivity contribution is -0.385. The van der Waals surface area contributed by atoms with Crippen molar-refractivity contribution in [1.29, 1.82) is 0 Å². The molecule has 198 valence electrons. The summed E-state index contributed by atoms with van der Waals surface area (Å²) in [5, 5.41) is 11.2. The molecule has 0 aliphatic carbocycles. The van der Waals surface area contributed by atoms with Gasteiger partial charge in [0.1, 0.15) is 5.75 Å². The van der Waals surface area contributed by atoms with Crippen LogP contribution < -0.4 is 4.74 Å². The van der Waals surface area contributed by atoms with Gasteiger partial charge in [-0.2, -0.15) is 0 Å². The van der Waals surface area contributed by atoms with E-state index in [1.54, 1.807) is 31.1 Å². The second-order valence-corrected chi connectivity index (χ2v) is 9.13. The number of nitro groups is 1. The third kappa shape index (κ3) is 7.63. The number of aryl methyl sites for hydroxylation is 1. The van der Waals surface area contributed by atoms with Crippen LogP contribution in [0.1, 0.15) is 41.3 Å². The van der Waals surface area contributed by atoms with E-state index in [2.05, 4.69) is 4.90 Å². The molecule has 0 atom stereocenters. The van der Waals surface area contributed by atoms with Crippen LogP contribution in [0.4, 0.5) is 5.69 Å². The third-order valence-corrected chi connectivity index (χ3v) is 6.58. The van der Waals surface area contributed by atoms with Gasteiger partial charge in [-0.3, -0.25) is 24.6 Å². The van der Waals surface area contributed by atoms with Crippen LogP contribution in [0, 0.1) is 17.0 Å². The maximum absolute atomic E-state index is 12.9. The van der Waals surface area contributed by atoms with E-state index < -0.39 is 4.92 Å². The molecule has 0 bridgehead atoms. The fourth-order valence-electron chi connectivity index (χ4n) is 4.36. The van der Waals surface area contributed by atoms with Gasteiger partial charge in [-0.05, 0) is 25.5 Å². The zero-order chi connectivity index (χ0) is 26.8. The van der Waals surface area contributed by atoms with Crippen molar-refractivity contribution in [3.63, 3.8) is 0 Å². The molecule has 2 aromatic carbocycles. The Bertz CT molecular complexity index is 1130. The van der Waals surface area contributed by atoms with E-state index in [1.165, 1.54) is 6.07 Å². The predicted octanol–water partition coefficient (Wildman–Crippen LogP) is 4.01. The molecule has 9 heteroatoms. The minimum Gasteiger partial charge on any atom is -0.496 e. The Morgan fingerprint density at radius 1 is 1.14 bits per heavy atom. The van der Waals surface area contributed by atoms with E-state index in [0.29, 0.717) is 56.8 Å². The van der Waals surface area contributed by atoms with Crippen LogP contribution in [-0.4, -0.2) is 84.4 Å². The number of rotatable bonds is 11. The molecule has 1 saturated heterocycles. The molecule has 0 unspecified atom stereocenters. The molecule has 0 radical (unpaired) electrons. The average Bonchev–Trinajstić information content (AvgIpc) is 2.91. The Morgan fingerprint density at radius 3 is 2.54 bits per heavy atom. The van der Waals surface area contributed by atoms with Crippen LogP contribution in [0.3, 0.4) is 0 Å². The molecular weight excluding hydrogens is 472 g/mol. The first-order valence-corrected chi connectivity index (χ1v) is 12.7. The molecule has 0 aromatic heterocycles. The largest absolute Gasteiger partial charge is 0.496 e. The number of methoxy groups -OCH3 is 1. The fraction of sp³-hybridized carbons (Fsp3) is 0.429. The summed E-state index contributed by atoms with van der Waals surface area (Å²) in [6, 6.07) is 12.4. The Hall–Kier alpha value is -3.72. The standard InChI is InChI=1S/C28H36N4O5/c1-4-8-27(33)30(14-7-10-23-9-5-6-11-26(23)37-3)18-15-29-16-19-31(20-17-29)28(34)24-13-12-22(2)25(21-24)32(35)36/h5-7,9-13,21H,4,8,14-20H2,1-3H3/b10-7+. The van der Waals surface area contributed by atoms with Gasteiger partial charge >= 0.3 is 0 Å². The predicted molar refractivity (Wildman–Crippen MR) is 144 cm³/mol. The van der Waals surface area contributed by atoms with Crippen molar-refractivity contribution < 1.29 is 19.2 Å². The second-order valence-electron chi connectivity index (χ2n) is 9.13. The van der Waals surface area contributed by atoms with Gasteiger partial charge in [0, 0.05) is 75.0 Å². The van der Waals surface area contributed by atoms with Crippen LogP contribution in [0.25, 0.3) is 6.08 Å². The molecule has 0 N–H and O–H groups in total. The third-order valence-electron chi connectivity index (χ3n) is 6.58. The van der Waals surface area contributed by atoms with E-state index in [1.807, 2.05) is 48.2 Å². The minimum absolute atomic E-state index is 0.0407. The molecule has 2 aromatic rings. The van der Waals surface area contributed by atoms with Crippen molar-refractivity contribution in [2.75, 3.05) is 52.9 Å². The number of carbonyl (C=O) groups excluding carboxylic acids is 2. The first kappa shape index (κ1) is 27.9. The van der Waals surface area contributed by atoms with Crippen LogP contribution >= 0.6 is 0 Å². The lowest BCUT2D eigenvalue weighted by Crippen LogP contribution is -2.50. The van der Waals surface area contributed by atoms with Crippen molar-refractivity contribution in [3.05, 3.63) is 75.3 Å². The molecule has 2 amide bonds. The summed E-state index contributed by atoms with van der Waals surface area (Å²) in [5.41, 5.74) is 1.80. The average molecular weight is 509 g/mol. The van der Waals surface area contributed by atoms with Crippen LogP contribution in [0.5, 0.6) is 5.75 Å². The Labute approximate surface area is 218 Å². The van der Waals surface area contributed by atoms with Gasteiger partial charge in [-0.25, -0.2) is 0 Å². The quantitative estimate of drug-likeness (QED) is 0.336. The molecule has 1 aliphatic rings. The summed E-state index contributed by atoms with van der Waals surface area (Å²) in [6.07, 6.45) is 5.27. The number of nitrogens with zero attached hydrogens (tertiary/aromatic N) is 4. The number of hydrogen-bond acceptors (Lipinski definition) is 6. The highest BCUT2D eigenvalue weighted by Crippen LogP contribution is 2.21. The highest BCUT2D eigenvalue weighted by Gasteiger charge is 2.24. The van der Waals surface area contributed by atoms with Gasteiger partial charge in [0.25, 0.3) is 11.6 Å². The van der Waals surface area contributed by atoms with Crippen molar-refractivity contribution in [2.24, 2.45) is 0 Å². The van der Waals surface area contributed by atoms with Gasteiger partial charge in [-0.15, -0.1) is 0 Å². The highest BCUT2D eigenvalue weighted by molar-refractivity contribution is 5.95. The number of amides is 2. The van der Waals surface area contributed by atoms with Crippen molar-refractivity contribution in [3.8, 4) is 5.75 Å². The van der Waals surface area contributed by atoms with Crippen molar-refractivity contribution >= 4 is 23.6 Å². The lowest BCUT2D eigenvalue weighted by Gasteiger charge is -2.35. The van der Waals surface area contributed by atoms with Crippen molar-refractivity contribution in [1.82, 2.24) is 14.7 Å². The molecule has 1 heterocycles. The smallest absolute Gasteiger partial charge is 0.273 e. The monoisotopic (exact) mass is 508 g/mol. The summed E-state index contributed by atoms with van der Waals surface area (Å²) >= 11 is 0. The molecule has 37 heavy (non-hydrogen) atoms. The van der Waals surface area contributed by atoms with Crippen LogP contribution in [0.15, 0.2) is 48.5 Å². The minimum atomic E-state index is -0.457. The molecule has 3 rings (SSSR count). The number of nitro benzene ring substituents is 1. The van der Waals surface area contributed by atoms with Crippen LogP contribution in [0.2, 0.25) is 0 Å². The summed E-state index contributed by atoms with van der Waals surface area (Å²) in [6.45, 7) is 7.95. The van der Waals surface area contributed by atoms with Gasteiger partial charge in [0.05, 0.1) is 12.0 Å². The Morgan fingerprint density at radius 2 is 1.86 bits per heavy atom. The van der Waals surface area contributed by atoms with Crippen molar-refractivity contribution in [2.45, 2.75) is 26.7 Å². The molecule has 1 fully saturated rings. The van der Waals surface area contributed by atoms with Gasteiger partial charge in [0.2, 0.25) is 5.91 Å². The Kier molecular flexibility index (Phi) is 10.2. The first-order valence-electron chi connectivity index (χ1n) is 12.7. The zero-order valence-corrected chi connectivity index (χ0v) is 21.9.